The summed E-state index contributed by atoms with van der Waals surface area (Å²) in [4.78, 5) is 2.03. The van der Waals surface area contributed by atoms with E-state index in [1.165, 1.54) is 6.92 Å². The van der Waals surface area contributed by atoms with Crippen molar-refractivity contribution in [3.05, 3.63) is 35.9 Å². The molecular weight excluding hydrogens is 222 g/mol. The van der Waals surface area contributed by atoms with Crippen molar-refractivity contribution in [2.75, 3.05) is 20.6 Å². The van der Waals surface area contributed by atoms with E-state index in [4.69, 9.17) is 0 Å². The van der Waals surface area contributed by atoms with E-state index in [1.807, 2.05) is 49.3 Å². The molecule has 1 rings (SSSR count). The maximum atomic E-state index is 12.4. The van der Waals surface area contributed by atoms with Crippen molar-refractivity contribution < 1.29 is 8.78 Å². The largest absolute Gasteiger partial charge is 0.307 e. The van der Waals surface area contributed by atoms with Crippen LogP contribution in [0.3, 0.4) is 0 Å². The molecule has 0 bridgehead atoms. The van der Waals surface area contributed by atoms with Gasteiger partial charge in [-0.25, -0.2) is 8.78 Å². The molecule has 2 unspecified atom stereocenters. The Bertz CT molecular complexity index is 314. The van der Waals surface area contributed by atoms with Crippen molar-refractivity contribution >= 4 is 0 Å². The topological polar surface area (TPSA) is 15.3 Å². The fourth-order valence-electron chi connectivity index (χ4n) is 1.66. The number of rotatable bonds is 6. The number of likely N-dealkylation sites (N-methyl/N-ethyl adjacent to an activating group) is 1. The molecule has 0 aliphatic rings. The van der Waals surface area contributed by atoms with Gasteiger partial charge in [-0.05, 0) is 26.6 Å². The second-order valence-corrected chi connectivity index (χ2v) is 4.42. The zero-order chi connectivity index (χ0) is 12.8. The van der Waals surface area contributed by atoms with Gasteiger partial charge < -0.3 is 10.2 Å². The fourth-order valence-corrected chi connectivity index (χ4v) is 1.66. The number of hydrogen-bond acceptors (Lipinski definition) is 2. The third-order valence-electron chi connectivity index (χ3n) is 2.82. The maximum absolute atomic E-state index is 12.4. The number of halogens is 2. The quantitative estimate of drug-likeness (QED) is 0.824. The van der Waals surface area contributed by atoms with Gasteiger partial charge in [0.15, 0.2) is 0 Å². The summed E-state index contributed by atoms with van der Waals surface area (Å²) in [7, 11) is 3.90. The molecule has 0 radical (unpaired) electrons. The summed E-state index contributed by atoms with van der Waals surface area (Å²) < 4.78 is 24.8. The van der Waals surface area contributed by atoms with Crippen molar-refractivity contribution in [3.63, 3.8) is 0 Å². The minimum absolute atomic E-state index is 0.109. The third kappa shape index (κ3) is 4.40. The Kier molecular flexibility index (Phi) is 5.51. The lowest BCUT2D eigenvalue weighted by molar-refractivity contribution is 0.102. The molecular formula is C13H20F2N2. The number of nitrogens with zero attached hydrogens (tertiary/aromatic N) is 1. The summed E-state index contributed by atoms with van der Waals surface area (Å²) in [5.41, 5.74) is 1.13. The Morgan fingerprint density at radius 3 is 2.24 bits per heavy atom. The number of hydrogen-bond donors (Lipinski definition) is 1. The fraction of sp³-hybridized carbons (Fsp3) is 0.538. The van der Waals surface area contributed by atoms with Crippen LogP contribution in [0.25, 0.3) is 0 Å². The van der Waals surface area contributed by atoms with E-state index >= 15 is 0 Å². The number of benzene rings is 1. The van der Waals surface area contributed by atoms with Gasteiger partial charge in [-0.15, -0.1) is 0 Å². The molecule has 0 aliphatic heterocycles. The summed E-state index contributed by atoms with van der Waals surface area (Å²) in [5.74, 6) is 0. The predicted octanol–water partition coefficient (Wildman–Crippen LogP) is 2.53. The molecule has 0 heterocycles. The van der Waals surface area contributed by atoms with Crippen LogP contribution >= 0.6 is 0 Å². The van der Waals surface area contributed by atoms with Gasteiger partial charge in [0.1, 0.15) is 0 Å². The van der Waals surface area contributed by atoms with E-state index in [9.17, 15) is 8.78 Å². The van der Waals surface area contributed by atoms with E-state index in [-0.39, 0.29) is 6.04 Å². The second kappa shape index (κ2) is 6.67. The summed E-state index contributed by atoms with van der Waals surface area (Å²) in [6.07, 6.45) is -2.33. The highest BCUT2D eigenvalue weighted by molar-refractivity contribution is 5.19. The molecule has 0 saturated heterocycles. The summed E-state index contributed by atoms with van der Waals surface area (Å²) in [6.45, 7) is 2.02. The molecule has 0 spiro atoms. The molecule has 1 N–H and O–H groups in total. The molecule has 4 heteroatoms. The smallest absolute Gasteiger partial charge is 0.253 e. The first kappa shape index (κ1) is 14.1. The van der Waals surface area contributed by atoms with Crippen LogP contribution in [0, 0.1) is 0 Å². The van der Waals surface area contributed by atoms with Gasteiger partial charge in [-0.1, -0.05) is 30.3 Å². The van der Waals surface area contributed by atoms with Gasteiger partial charge >= 0.3 is 0 Å². The SMILES string of the molecule is CC(NCC(c1ccccc1)N(C)C)C(F)F. The lowest BCUT2D eigenvalue weighted by atomic mass is 10.1. The highest BCUT2D eigenvalue weighted by Crippen LogP contribution is 2.17. The van der Waals surface area contributed by atoms with Gasteiger partial charge in [0, 0.05) is 12.6 Å². The molecule has 17 heavy (non-hydrogen) atoms. The van der Waals surface area contributed by atoms with Gasteiger partial charge in [0.05, 0.1) is 6.04 Å². The molecule has 0 aliphatic carbocycles. The van der Waals surface area contributed by atoms with Crippen LogP contribution in [-0.4, -0.2) is 38.0 Å². The van der Waals surface area contributed by atoms with Crippen molar-refractivity contribution in [1.82, 2.24) is 10.2 Å². The Morgan fingerprint density at radius 1 is 1.18 bits per heavy atom. The molecule has 0 amide bonds. The van der Waals surface area contributed by atoms with Crippen LogP contribution in [0.4, 0.5) is 8.78 Å². The lowest BCUT2D eigenvalue weighted by Crippen LogP contribution is -2.39. The molecule has 1 aromatic carbocycles. The van der Waals surface area contributed by atoms with Crippen molar-refractivity contribution in [2.45, 2.75) is 25.4 Å². The molecule has 2 nitrogen and oxygen atoms in total. The first-order valence-corrected chi connectivity index (χ1v) is 5.75. The van der Waals surface area contributed by atoms with Crippen LogP contribution in [0.5, 0.6) is 0 Å². The lowest BCUT2D eigenvalue weighted by Gasteiger charge is -2.26. The molecule has 0 aromatic heterocycles. The predicted molar refractivity (Wildman–Crippen MR) is 66.3 cm³/mol. The van der Waals surface area contributed by atoms with Crippen LogP contribution in [0.1, 0.15) is 18.5 Å². The Hall–Kier alpha value is -1.00. The van der Waals surface area contributed by atoms with E-state index in [0.29, 0.717) is 6.54 Å². The average molecular weight is 242 g/mol. The standard InChI is InChI=1S/C13H20F2N2/c1-10(13(14)15)16-9-12(17(2)3)11-7-5-4-6-8-11/h4-8,10,12-13,16H,9H2,1-3H3. The van der Waals surface area contributed by atoms with E-state index in [1.54, 1.807) is 0 Å². The minimum Gasteiger partial charge on any atom is -0.307 e. The van der Waals surface area contributed by atoms with E-state index in [0.717, 1.165) is 5.56 Å². The van der Waals surface area contributed by atoms with Crippen molar-refractivity contribution in [3.8, 4) is 0 Å². The van der Waals surface area contributed by atoms with Gasteiger partial charge in [-0.2, -0.15) is 0 Å². The number of alkyl halides is 2. The maximum Gasteiger partial charge on any atom is 0.253 e. The first-order chi connectivity index (χ1) is 8.02. The van der Waals surface area contributed by atoms with Crippen molar-refractivity contribution in [2.24, 2.45) is 0 Å². The van der Waals surface area contributed by atoms with Crippen LogP contribution in [0.2, 0.25) is 0 Å². The molecule has 0 saturated carbocycles. The average Bonchev–Trinajstić information content (AvgIpc) is 2.29. The van der Waals surface area contributed by atoms with Gasteiger partial charge in [-0.3, -0.25) is 0 Å². The third-order valence-corrected chi connectivity index (χ3v) is 2.82. The number of nitrogens with one attached hydrogen (secondary N) is 1. The summed E-state index contributed by atoms with van der Waals surface area (Å²) in [6, 6.07) is 9.23. The summed E-state index contributed by atoms with van der Waals surface area (Å²) >= 11 is 0. The Morgan fingerprint density at radius 2 is 1.76 bits per heavy atom. The van der Waals surface area contributed by atoms with E-state index in [2.05, 4.69) is 5.32 Å². The normalized spacial score (nSPS) is 15.2. The molecule has 0 fully saturated rings. The van der Waals surface area contributed by atoms with Gasteiger partial charge in [0.2, 0.25) is 0 Å². The molecule has 96 valence electrons. The van der Waals surface area contributed by atoms with Crippen LogP contribution in [-0.2, 0) is 0 Å². The zero-order valence-corrected chi connectivity index (χ0v) is 10.5. The van der Waals surface area contributed by atoms with Crippen molar-refractivity contribution in [1.29, 1.82) is 0 Å². The van der Waals surface area contributed by atoms with E-state index < -0.39 is 12.5 Å². The highest BCUT2D eigenvalue weighted by atomic mass is 19.3. The first-order valence-electron chi connectivity index (χ1n) is 5.75. The Balaban J connectivity index is 2.62. The second-order valence-electron chi connectivity index (χ2n) is 4.42. The molecule has 1 aromatic rings. The van der Waals surface area contributed by atoms with Crippen LogP contribution < -0.4 is 5.32 Å². The van der Waals surface area contributed by atoms with Crippen LogP contribution in [0.15, 0.2) is 30.3 Å². The monoisotopic (exact) mass is 242 g/mol. The minimum atomic E-state index is -2.33. The zero-order valence-electron chi connectivity index (χ0n) is 10.5. The Labute approximate surface area is 102 Å². The van der Waals surface area contributed by atoms with Gasteiger partial charge in [0.25, 0.3) is 6.43 Å². The highest BCUT2D eigenvalue weighted by Gasteiger charge is 2.18. The molecule has 2 atom stereocenters. The summed E-state index contributed by atoms with van der Waals surface area (Å²) in [5, 5.41) is 2.87.